The average Bonchev–Trinajstić information content (AvgIpc) is 3.09. The van der Waals surface area contributed by atoms with E-state index < -0.39 is 12.1 Å². The van der Waals surface area contributed by atoms with Crippen LogP contribution in [0.2, 0.25) is 0 Å². The van der Waals surface area contributed by atoms with Crippen molar-refractivity contribution in [3.63, 3.8) is 0 Å². The number of hydrogen-bond acceptors (Lipinski definition) is 5. The van der Waals surface area contributed by atoms with Crippen LogP contribution in [0.15, 0.2) is 47.8 Å². The van der Waals surface area contributed by atoms with Gasteiger partial charge in [-0.25, -0.2) is 9.78 Å². The van der Waals surface area contributed by atoms with Crippen molar-refractivity contribution in [2.45, 2.75) is 26.4 Å². The second kappa shape index (κ2) is 6.96. The van der Waals surface area contributed by atoms with Crippen LogP contribution in [0.1, 0.15) is 27.0 Å². The molecule has 1 aliphatic heterocycles. The number of fused-ring (bicyclic) bond motifs is 1. The molecule has 1 atom stereocenters. The second-order valence-corrected chi connectivity index (χ2v) is 7.46. The quantitative estimate of drug-likeness (QED) is 0.695. The van der Waals surface area contributed by atoms with Gasteiger partial charge in [0.25, 0.3) is 5.91 Å². The zero-order valence-corrected chi connectivity index (χ0v) is 15.8. The van der Waals surface area contributed by atoms with Crippen LogP contribution in [0, 0.1) is 13.8 Å². The second-order valence-electron chi connectivity index (χ2n) is 6.60. The van der Waals surface area contributed by atoms with Crippen LogP contribution in [0.3, 0.4) is 0 Å². The zero-order valence-electron chi connectivity index (χ0n) is 15.0. The Balaban J connectivity index is 1.50. The first-order chi connectivity index (χ1) is 13.0. The van der Waals surface area contributed by atoms with Gasteiger partial charge in [-0.1, -0.05) is 42.0 Å². The number of hydrogen-bond donors (Lipinski definition) is 1. The third-order valence-corrected chi connectivity index (χ3v) is 5.33. The molecule has 6 heteroatoms. The van der Waals surface area contributed by atoms with E-state index >= 15 is 0 Å². The standard InChI is InChI=1S/C21H18N2O3S/c1-12-7-8-15(13(2)9-12)17-11-27-21(22-17)23-19(24)18-10-14-5-3-4-6-16(14)20(25)26-18/h3-9,11,18H,10H2,1-2H3,(H,22,23,24)/t18-/m1/s1. The van der Waals surface area contributed by atoms with Crippen LogP contribution < -0.4 is 5.32 Å². The van der Waals surface area contributed by atoms with Crippen molar-refractivity contribution in [3.05, 3.63) is 70.1 Å². The van der Waals surface area contributed by atoms with Gasteiger partial charge in [-0.3, -0.25) is 10.1 Å². The lowest BCUT2D eigenvalue weighted by Gasteiger charge is -2.23. The predicted molar refractivity (Wildman–Crippen MR) is 105 cm³/mol. The number of benzene rings is 2. The highest BCUT2D eigenvalue weighted by Crippen LogP contribution is 2.28. The molecular formula is C21H18N2O3S. The molecular weight excluding hydrogens is 360 g/mol. The molecule has 0 unspecified atom stereocenters. The molecule has 0 saturated carbocycles. The summed E-state index contributed by atoms with van der Waals surface area (Å²) in [6, 6.07) is 13.4. The van der Waals surface area contributed by atoms with Gasteiger partial charge in [-0.2, -0.15) is 0 Å². The lowest BCUT2D eigenvalue weighted by molar-refractivity contribution is -0.125. The fourth-order valence-electron chi connectivity index (χ4n) is 3.22. The average molecular weight is 378 g/mol. The molecule has 2 aromatic carbocycles. The van der Waals surface area contributed by atoms with Crippen LogP contribution in [0.4, 0.5) is 5.13 Å². The maximum absolute atomic E-state index is 12.6. The number of thiazole rings is 1. The monoisotopic (exact) mass is 378 g/mol. The van der Waals surface area contributed by atoms with Crippen molar-refractivity contribution in [2.24, 2.45) is 0 Å². The summed E-state index contributed by atoms with van der Waals surface area (Å²) >= 11 is 1.35. The maximum Gasteiger partial charge on any atom is 0.339 e. The maximum atomic E-state index is 12.6. The number of esters is 1. The summed E-state index contributed by atoms with van der Waals surface area (Å²) in [5.41, 5.74) is 5.53. The Bertz CT molecular complexity index is 1040. The molecule has 27 heavy (non-hydrogen) atoms. The van der Waals surface area contributed by atoms with Gasteiger partial charge in [0, 0.05) is 17.4 Å². The Hall–Kier alpha value is -2.99. The Morgan fingerprint density at radius 3 is 2.81 bits per heavy atom. The highest BCUT2D eigenvalue weighted by atomic mass is 32.1. The van der Waals surface area contributed by atoms with E-state index in [-0.39, 0.29) is 5.91 Å². The lowest BCUT2D eigenvalue weighted by Crippen LogP contribution is -2.37. The van der Waals surface area contributed by atoms with Crippen LogP contribution in [-0.4, -0.2) is 23.0 Å². The number of cyclic esters (lactones) is 1. The van der Waals surface area contributed by atoms with Crippen LogP contribution >= 0.6 is 11.3 Å². The SMILES string of the molecule is Cc1ccc(-c2csc(NC(=O)[C@H]3Cc4ccccc4C(=O)O3)n2)c(C)c1. The number of carbonyl (C=O) groups excluding carboxylic acids is 2. The lowest BCUT2D eigenvalue weighted by atomic mass is 9.98. The Labute approximate surface area is 161 Å². The highest BCUT2D eigenvalue weighted by molar-refractivity contribution is 7.14. The number of nitrogens with zero attached hydrogens (tertiary/aromatic N) is 1. The molecule has 1 aliphatic rings. The summed E-state index contributed by atoms with van der Waals surface area (Å²) in [5.74, 6) is -0.827. The number of nitrogens with one attached hydrogen (secondary N) is 1. The zero-order chi connectivity index (χ0) is 19.0. The van der Waals surface area contributed by atoms with Gasteiger partial charge in [0.15, 0.2) is 11.2 Å². The summed E-state index contributed by atoms with van der Waals surface area (Å²) < 4.78 is 5.30. The number of anilines is 1. The first-order valence-electron chi connectivity index (χ1n) is 8.64. The molecule has 1 N–H and O–H groups in total. The number of carbonyl (C=O) groups is 2. The van der Waals surface area contributed by atoms with Crippen molar-refractivity contribution < 1.29 is 14.3 Å². The van der Waals surface area contributed by atoms with Gasteiger partial charge >= 0.3 is 5.97 Å². The summed E-state index contributed by atoms with van der Waals surface area (Å²) in [5, 5.41) is 5.18. The molecule has 1 amide bonds. The van der Waals surface area contributed by atoms with E-state index in [9.17, 15) is 9.59 Å². The van der Waals surface area contributed by atoms with Gasteiger partial charge in [0.05, 0.1) is 11.3 Å². The summed E-state index contributed by atoms with van der Waals surface area (Å²) in [6.07, 6.45) is -0.482. The topological polar surface area (TPSA) is 68.3 Å². The van der Waals surface area contributed by atoms with E-state index in [1.807, 2.05) is 43.5 Å². The van der Waals surface area contributed by atoms with E-state index in [1.54, 1.807) is 12.1 Å². The molecule has 5 nitrogen and oxygen atoms in total. The molecule has 0 fully saturated rings. The molecule has 0 saturated heterocycles. The van der Waals surface area contributed by atoms with Gasteiger partial charge in [-0.15, -0.1) is 11.3 Å². The van der Waals surface area contributed by atoms with Crippen molar-refractivity contribution >= 4 is 28.3 Å². The number of ether oxygens (including phenoxy) is 1. The smallest absolute Gasteiger partial charge is 0.339 e. The molecule has 0 radical (unpaired) electrons. The van der Waals surface area contributed by atoms with E-state index in [1.165, 1.54) is 16.9 Å². The van der Waals surface area contributed by atoms with E-state index in [0.29, 0.717) is 17.1 Å². The Morgan fingerprint density at radius 1 is 1.19 bits per heavy atom. The minimum atomic E-state index is -0.846. The van der Waals surface area contributed by atoms with E-state index in [4.69, 9.17) is 4.74 Å². The predicted octanol–water partition coefficient (Wildman–Crippen LogP) is 4.15. The third kappa shape index (κ3) is 3.48. The van der Waals surface area contributed by atoms with Crippen molar-refractivity contribution in [2.75, 3.05) is 5.32 Å². The number of aryl methyl sites for hydroxylation is 2. The van der Waals surface area contributed by atoms with Crippen LogP contribution in [0.25, 0.3) is 11.3 Å². The van der Waals surface area contributed by atoms with Gasteiger partial charge in [-0.05, 0) is 31.0 Å². The first kappa shape index (κ1) is 17.4. The number of aromatic nitrogens is 1. The summed E-state index contributed by atoms with van der Waals surface area (Å²) in [6.45, 7) is 4.09. The van der Waals surface area contributed by atoms with Crippen molar-refractivity contribution in [3.8, 4) is 11.3 Å². The van der Waals surface area contributed by atoms with Gasteiger partial charge in [0.1, 0.15) is 0 Å². The molecule has 4 rings (SSSR count). The fraction of sp³-hybridized carbons (Fsp3) is 0.190. The van der Waals surface area contributed by atoms with Crippen molar-refractivity contribution in [1.29, 1.82) is 0 Å². The van der Waals surface area contributed by atoms with Crippen LogP contribution in [-0.2, 0) is 16.0 Å². The molecule has 1 aromatic heterocycles. The molecule has 0 aliphatic carbocycles. The van der Waals surface area contributed by atoms with E-state index in [0.717, 1.165) is 22.4 Å². The summed E-state index contributed by atoms with van der Waals surface area (Å²) in [7, 11) is 0. The highest BCUT2D eigenvalue weighted by Gasteiger charge is 2.31. The minimum absolute atomic E-state index is 0.362. The largest absolute Gasteiger partial charge is 0.448 e. The van der Waals surface area contributed by atoms with Crippen molar-refractivity contribution in [1.82, 2.24) is 4.98 Å². The fourth-order valence-corrected chi connectivity index (χ4v) is 3.93. The summed E-state index contributed by atoms with van der Waals surface area (Å²) in [4.78, 5) is 29.2. The normalized spacial score (nSPS) is 15.8. The van der Waals surface area contributed by atoms with Crippen LogP contribution in [0.5, 0.6) is 0 Å². The number of rotatable bonds is 3. The van der Waals surface area contributed by atoms with Gasteiger partial charge in [0.2, 0.25) is 0 Å². The first-order valence-corrected chi connectivity index (χ1v) is 9.52. The molecule has 0 spiro atoms. The Kier molecular flexibility index (Phi) is 4.49. The third-order valence-electron chi connectivity index (χ3n) is 4.58. The molecule has 3 aromatic rings. The van der Waals surface area contributed by atoms with E-state index in [2.05, 4.69) is 16.4 Å². The van der Waals surface area contributed by atoms with Gasteiger partial charge < -0.3 is 4.74 Å². The minimum Gasteiger partial charge on any atom is -0.448 e. The Morgan fingerprint density at radius 2 is 2.00 bits per heavy atom. The number of amides is 1. The molecule has 0 bridgehead atoms. The molecule has 2 heterocycles. The molecule has 136 valence electrons.